The van der Waals surface area contributed by atoms with Crippen LogP contribution in [-0.4, -0.2) is 43.8 Å². The molecule has 0 aliphatic heterocycles. The van der Waals surface area contributed by atoms with Gasteiger partial charge in [-0.1, -0.05) is 84.7 Å². The van der Waals surface area contributed by atoms with Crippen molar-refractivity contribution in [2.24, 2.45) is 0 Å². The summed E-state index contributed by atoms with van der Waals surface area (Å²) in [4.78, 5) is 29.9. The van der Waals surface area contributed by atoms with Gasteiger partial charge in [0.15, 0.2) is 0 Å². The molecule has 0 heterocycles. The van der Waals surface area contributed by atoms with Crippen LogP contribution in [0, 0.1) is 3.57 Å². The van der Waals surface area contributed by atoms with Crippen molar-refractivity contribution >= 4 is 73.3 Å². The van der Waals surface area contributed by atoms with E-state index in [0.717, 1.165) is 13.4 Å². The van der Waals surface area contributed by atoms with Crippen LogP contribution < -0.4 is 9.62 Å². The van der Waals surface area contributed by atoms with Crippen LogP contribution in [0.5, 0.6) is 0 Å². The van der Waals surface area contributed by atoms with E-state index in [0.29, 0.717) is 27.7 Å². The standard InChI is InChI=1S/C34H34Cl2IN3O4S/c1-3-24(2)38-34(42)32(21-25-11-6-4-7-12-25)39(22-29-30(35)15-10-16-31(29)36)33(41)23-40(27-19-17-26(37)18-20-27)45(43,44)28-13-8-5-9-14-28/h4-20,24,32H,3,21-23H2,1-2H3,(H,38,42)/t24-,32+/m0/s1. The molecule has 1 N–H and O–H groups in total. The zero-order chi connectivity index (χ0) is 32.6. The molecule has 4 rings (SSSR count). The Labute approximate surface area is 288 Å². The zero-order valence-electron chi connectivity index (χ0n) is 24.9. The van der Waals surface area contributed by atoms with Crippen LogP contribution >= 0.6 is 45.8 Å². The number of hydrogen-bond acceptors (Lipinski definition) is 4. The third-order valence-corrected chi connectivity index (χ3v) is 10.6. The SMILES string of the molecule is CC[C@H](C)NC(=O)[C@@H](Cc1ccccc1)N(Cc1c(Cl)cccc1Cl)C(=O)CN(c1ccc(I)cc1)S(=O)(=O)c1ccccc1. The van der Waals surface area contributed by atoms with Gasteiger partial charge in [-0.05, 0) is 90.0 Å². The van der Waals surface area contributed by atoms with Crippen molar-refractivity contribution in [1.29, 1.82) is 0 Å². The minimum absolute atomic E-state index is 0.0346. The molecule has 0 spiro atoms. The highest BCUT2D eigenvalue weighted by Gasteiger charge is 2.35. The third kappa shape index (κ3) is 9.00. The van der Waals surface area contributed by atoms with Crippen LogP contribution in [0.15, 0.2) is 108 Å². The van der Waals surface area contributed by atoms with Crippen LogP contribution in [0.25, 0.3) is 0 Å². The number of benzene rings is 4. The molecule has 0 aromatic heterocycles. The molecule has 0 aliphatic carbocycles. The molecular formula is C34H34Cl2IN3O4S. The molecule has 0 fully saturated rings. The molecule has 2 amide bonds. The average Bonchev–Trinajstić information content (AvgIpc) is 3.04. The molecule has 0 saturated heterocycles. The first-order valence-electron chi connectivity index (χ1n) is 14.4. The number of carbonyl (C=O) groups is 2. The van der Waals surface area contributed by atoms with Gasteiger partial charge in [-0.2, -0.15) is 0 Å². The van der Waals surface area contributed by atoms with Gasteiger partial charge in [0.2, 0.25) is 11.8 Å². The Kier molecular flexibility index (Phi) is 12.3. The van der Waals surface area contributed by atoms with Crippen molar-refractivity contribution in [2.75, 3.05) is 10.8 Å². The van der Waals surface area contributed by atoms with Crippen molar-refractivity contribution < 1.29 is 18.0 Å². The minimum atomic E-state index is -4.18. The Bertz CT molecular complexity index is 1690. The number of rotatable bonds is 13. The summed E-state index contributed by atoms with van der Waals surface area (Å²) >= 11 is 15.3. The van der Waals surface area contributed by atoms with E-state index in [9.17, 15) is 18.0 Å². The highest BCUT2D eigenvalue weighted by Crippen LogP contribution is 2.29. The summed E-state index contributed by atoms with van der Waals surface area (Å²) in [6.07, 6.45) is 0.871. The van der Waals surface area contributed by atoms with E-state index in [-0.39, 0.29) is 29.8 Å². The average molecular weight is 779 g/mol. The molecule has 0 unspecified atom stereocenters. The number of nitrogens with zero attached hydrogens (tertiary/aromatic N) is 2. The second-order valence-corrected chi connectivity index (χ2v) is 14.5. The largest absolute Gasteiger partial charge is 0.352 e. The Hall–Kier alpha value is -3.12. The van der Waals surface area contributed by atoms with E-state index in [1.807, 2.05) is 44.2 Å². The molecular weight excluding hydrogens is 744 g/mol. The first kappa shape index (κ1) is 34.7. The number of halogens is 3. The molecule has 2 atom stereocenters. The van der Waals surface area contributed by atoms with Gasteiger partial charge in [0.25, 0.3) is 10.0 Å². The van der Waals surface area contributed by atoms with Crippen molar-refractivity contribution in [2.45, 2.75) is 50.2 Å². The van der Waals surface area contributed by atoms with Crippen LogP contribution in [-0.2, 0) is 32.6 Å². The third-order valence-electron chi connectivity index (χ3n) is 7.39. The quantitative estimate of drug-likeness (QED) is 0.144. The summed E-state index contributed by atoms with van der Waals surface area (Å²) in [7, 11) is -4.18. The fraction of sp³-hybridized carbons (Fsp3) is 0.235. The minimum Gasteiger partial charge on any atom is -0.352 e. The predicted octanol–water partition coefficient (Wildman–Crippen LogP) is 7.35. The summed E-state index contributed by atoms with van der Waals surface area (Å²) in [5.74, 6) is -0.958. The van der Waals surface area contributed by atoms with Gasteiger partial charge in [0, 0.05) is 38.2 Å². The van der Waals surface area contributed by atoms with Gasteiger partial charge in [-0.3, -0.25) is 13.9 Å². The van der Waals surface area contributed by atoms with Gasteiger partial charge < -0.3 is 10.2 Å². The number of anilines is 1. The molecule has 0 aliphatic rings. The van der Waals surface area contributed by atoms with Crippen molar-refractivity contribution in [1.82, 2.24) is 10.2 Å². The smallest absolute Gasteiger partial charge is 0.264 e. The highest BCUT2D eigenvalue weighted by molar-refractivity contribution is 14.1. The van der Waals surface area contributed by atoms with Gasteiger partial charge in [0.1, 0.15) is 12.6 Å². The van der Waals surface area contributed by atoms with Crippen LogP contribution in [0.4, 0.5) is 5.69 Å². The molecule has 45 heavy (non-hydrogen) atoms. The molecule has 0 saturated carbocycles. The lowest BCUT2D eigenvalue weighted by Crippen LogP contribution is -2.54. The predicted molar refractivity (Wildman–Crippen MR) is 189 cm³/mol. The monoisotopic (exact) mass is 777 g/mol. The first-order valence-corrected chi connectivity index (χ1v) is 17.7. The van der Waals surface area contributed by atoms with E-state index >= 15 is 0 Å². The summed E-state index contributed by atoms with van der Waals surface area (Å²) in [6.45, 7) is 3.16. The summed E-state index contributed by atoms with van der Waals surface area (Å²) in [5, 5.41) is 3.67. The van der Waals surface area contributed by atoms with Crippen LogP contribution in [0.2, 0.25) is 10.0 Å². The zero-order valence-corrected chi connectivity index (χ0v) is 29.4. The fourth-order valence-corrected chi connectivity index (χ4v) is 7.02. The second-order valence-electron chi connectivity index (χ2n) is 10.5. The summed E-state index contributed by atoms with van der Waals surface area (Å²) in [6, 6.07) is 28.0. The first-order chi connectivity index (χ1) is 21.5. The topological polar surface area (TPSA) is 86.8 Å². The lowest BCUT2D eigenvalue weighted by Gasteiger charge is -2.34. The van der Waals surface area contributed by atoms with Crippen molar-refractivity contribution in [3.63, 3.8) is 0 Å². The number of amides is 2. The molecule has 0 radical (unpaired) electrons. The van der Waals surface area contributed by atoms with E-state index in [4.69, 9.17) is 23.2 Å². The van der Waals surface area contributed by atoms with Gasteiger partial charge in [-0.25, -0.2) is 8.42 Å². The van der Waals surface area contributed by atoms with E-state index in [1.165, 1.54) is 17.0 Å². The van der Waals surface area contributed by atoms with E-state index in [2.05, 4.69) is 27.9 Å². The van der Waals surface area contributed by atoms with Gasteiger partial charge in [-0.15, -0.1) is 0 Å². The Morgan fingerprint density at radius 3 is 2.00 bits per heavy atom. The maximum atomic E-state index is 14.5. The van der Waals surface area contributed by atoms with E-state index < -0.39 is 28.5 Å². The second kappa shape index (κ2) is 15.9. The molecule has 4 aromatic rings. The van der Waals surface area contributed by atoms with Crippen LogP contribution in [0.3, 0.4) is 0 Å². The Morgan fingerprint density at radius 2 is 1.42 bits per heavy atom. The number of nitrogens with one attached hydrogen (secondary N) is 1. The van der Waals surface area contributed by atoms with Gasteiger partial charge >= 0.3 is 0 Å². The molecule has 7 nitrogen and oxygen atoms in total. The highest BCUT2D eigenvalue weighted by atomic mass is 127. The molecule has 4 aromatic carbocycles. The molecule has 11 heteroatoms. The van der Waals surface area contributed by atoms with Gasteiger partial charge in [0.05, 0.1) is 10.6 Å². The molecule has 236 valence electrons. The maximum Gasteiger partial charge on any atom is 0.264 e. The number of sulfonamides is 1. The van der Waals surface area contributed by atoms with E-state index in [1.54, 1.807) is 60.7 Å². The van der Waals surface area contributed by atoms with Crippen LogP contribution in [0.1, 0.15) is 31.4 Å². The summed E-state index contributed by atoms with van der Waals surface area (Å²) < 4.78 is 30.1. The fourth-order valence-electron chi connectivity index (χ4n) is 4.70. The Balaban J connectivity index is 1.83. The summed E-state index contributed by atoms with van der Waals surface area (Å²) in [5.41, 5.74) is 1.60. The lowest BCUT2D eigenvalue weighted by molar-refractivity contribution is -0.140. The number of carbonyl (C=O) groups excluding carboxylic acids is 2. The molecule has 0 bridgehead atoms. The lowest BCUT2D eigenvalue weighted by atomic mass is 10.0. The number of hydrogen-bond donors (Lipinski definition) is 1. The van der Waals surface area contributed by atoms with Crippen molar-refractivity contribution in [3.8, 4) is 0 Å². The Morgan fingerprint density at radius 1 is 0.844 bits per heavy atom. The normalized spacial score (nSPS) is 12.6. The van der Waals surface area contributed by atoms with Crippen molar-refractivity contribution in [3.05, 3.63) is 128 Å². The maximum absolute atomic E-state index is 14.5.